The van der Waals surface area contributed by atoms with Crippen LogP contribution in [0.3, 0.4) is 0 Å². The first-order valence-corrected chi connectivity index (χ1v) is 14.8. The predicted molar refractivity (Wildman–Crippen MR) is 154 cm³/mol. The molecule has 1 aliphatic rings. The Hall–Kier alpha value is -4.28. The van der Waals surface area contributed by atoms with E-state index in [1.165, 1.54) is 12.1 Å². The van der Waals surface area contributed by atoms with Crippen LogP contribution in [0.25, 0.3) is 22.1 Å². The van der Waals surface area contributed by atoms with Crippen molar-refractivity contribution in [3.63, 3.8) is 0 Å². The van der Waals surface area contributed by atoms with Crippen LogP contribution in [-0.2, 0) is 14.8 Å². The number of aliphatic carboxylic acids is 1. The lowest BCUT2D eigenvalue weighted by Gasteiger charge is -2.18. The molecule has 1 fully saturated rings. The Balaban J connectivity index is 1.30. The third-order valence-corrected chi connectivity index (χ3v) is 8.69. The van der Waals surface area contributed by atoms with Crippen molar-refractivity contribution in [2.75, 3.05) is 5.32 Å². The van der Waals surface area contributed by atoms with Gasteiger partial charge in [0.2, 0.25) is 10.0 Å². The van der Waals surface area contributed by atoms with E-state index in [1.807, 2.05) is 0 Å². The number of carbonyl (C=O) groups excluding carboxylic acids is 2. The molecule has 1 aliphatic carbocycles. The Labute approximate surface area is 237 Å². The van der Waals surface area contributed by atoms with Crippen molar-refractivity contribution >= 4 is 44.3 Å². The monoisotopic (exact) mass is 574 g/mol. The van der Waals surface area contributed by atoms with Gasteiger partial charge in [0.1, 0.15) is 11.6 Å². The zero-order valence-electron chi connectivity index (χ0n) is 22.8. The summed E-state index contributed by atoms with van der Waals surface area (Å²) < 4.78 is 33.5. The third kappa shape index (κ3) is 5.79. The number of sulfonamides is 1. The maximum atomic E-state index is 13.1. The number of ketones is 1. The fourth-order valence-electron chi connectivity index (χ4n) is 4.76. The van der Waals surface area contributed by atoms with Crippen LogP contribution in [0.4, 0.5) is 5.69 Å². The Morgan fingerprint density at radius 1 is 0.927 bits per heavy atom. The number of benzene rings is 3. The Kier molecular flexibility index (Phi) is 7.54. The molecular weight excluding hydrogens is 544 g/mol. The quantitative estimate of drug-likeness (QED) is 0.208. The number of fused-ring (bicyclic) bond motifs is 1. The van der Waals surface area contributed by atoms with Crippen molar-refractivity contribution in [1.29, 1.82) is 0 Å². The maximum absolute atomic E-state index is 13.1. The van der Waals surface area contributed by atoms with Crippen LogP contribution in [0, 0.1) is 18.8 Å². The molecule has 1 saturated carbocycles. The number of carbonyl (C=O) groups is 3. The van der Waals surface area contributed by atoms with Crippen LogP contribution >= 0.6 is 0 Å². The van der Waals surface area contributed by atoms with Crippen LogP contribution in [0.1, 0.15) is 53.2 Å². The molecule has 1 aromatic heterocycles. The molecule has 41 heavy (non-hydrogen) atoms. The van der Waals surface area contributed by atoms with Crippen LogP contribution in [0.5, 0.6) is 0 Å². The van der Waals surface area contributed by atoms with Crippen molar-refractivity contribution in [2.45, 2.75) is 44.6 Å². The number of Topliss-reactive ketones (excluding diaryl/α,β-unsaturated/α-hetero) is 1. The number of furan rings is 1. The van der Waals surface area contributed by atoms with Gasteiger partial charge in [-0.25, -0.2) is 8.42 Å². The first-order valence-electron chi connectivity index (χ1n) is 13.3. The molecule has 0 bridgehead atoms. The summed E-state index contributed by atoms with van der Waals surface area (Å²) in [5.74, 6) is -1.81. The van der Waals surface area contributed by atoms with E-state index < -0.39 is 33.9 Å². The first-order chi connectivity index (χ1) is 19.5. The number of hydrogen-bond acceptors (Lipinski definition) is 6. The van der Waals surface area contributed by atoms with Gasteiger partial charge in [0.05, 0.1) is 4.90 Å². The topological polar surface area (TPSA) is 143 Å². The molecule has 10 heteroatoms. The molecule has 3 aromatic carbocycles. The van der Waals surface area contributed by atoms with Crippen molar-refractivity contribution in [1.82, 2.24) is 4.72 Å². The standard InChI is InChI=1S/C31H30N2O7S/c1-17(2)27(31(36)37)33-41(38,39)23-15-11-20(12-16-23)19-9-13-22(14-10-19)32-30(35)29-18(3)26-24(28(34)21-7-8-21)5-4-6-25(26)40-29/h4-6,9-17,21,27,33H,7-8H2,1-3H3,(H,32,35)(H,36,37)/t27-/m0/s1. The lowest BCUT2D eigenvalue weighted by molar-refractivity contribution is -0.140. The van der Waals surface area contributed by atoms with Crippen molar-refractivity contribution < 1.29 is 32.3 Å². The van der Waals surface area contributed by atoms with Gasteiger partial charge in [-0.15, -0.1) is 0 Å². The molecule has 0 unspecified atom stereocenters. The minimum atomic E-state index is -4.02. The summed E-state index contributed by atoms with van der Waals surface area (Å²) in [5, 5.41) is 12.8. The van der Waals surface area contributed by atoms with Gasteiger partial charge in [-0.2, -0.15) is 4.72 Å². The molecule has 0 spiro atoms. The summed E-state index contributed by atoms with van der Waals surface area (Å²) in [6, 6.07) is 17.2. The molecule has 9 nitrogen and oxygen atoms in total. The first kappa shape index (κ1) is 28.3. The molecular formula is C31H30N2O7S. The predicted octanol–water partition coefficient (Wildman–Crippen LogP) is 5.64. The highest BCUT2D eigenvalue weighted by atomic mass is 32.2. The lowest BCUT2D eigenvalue weighted by Crippen LogP contribution is -2.44. The number of amides is 1. The molecule has 0 saturated heterocycles. The summed E-state index contributed by atoms with van der Waals surface area (Å²) >= 11 is 0. The number of aryl methyl sites for hydroxylation is 1. The average molecular weight is 575 g/mol. The molecule has 0 radical (unpaired) electrons. The number of carboxylic acid groups (broad SMARTS) is 1. The second kappa shape index (κ2) is 10.9. The van der Waals surface area contributed by atoms with E-state index in [0.29, 0.717) is 27.8 Å². The Morgan fingerprint density at radius 2 is 1.54 bits per heavy atom. The van der Waals surface area contributed by atoms with Gasteiger partial charge in [-0.3, -0.25) is 14.4 Å². The SMILES string of the molecule is Cc1c(C(=O)Nc2ccc(-c3ccc(S(=O)(=O)N[C@H](C(=O)O)C(C)C)cc3)cc2)oc2cccc(C(=O)C3CC3)c12. The van der Waals surface area contributed by atoms with Crippen molar-refractivity contribution in [3.8, 4) is 11.1 Å². The molecule has 1 heterocycles. The Bertz CT molecular complexity index is 1750. The van der Waals surface area contributed by atoms with E-state index in [9.17, 15) is 27.9 Å². The van der Waals surface area contributed by atoms with Crippen molar-refractivity contribution in [3.05, 3.63) is 83.6 Å². The van der Waals surface area contributed by atoms with Gasteiger partial charge in [0, 0.05) is 28.1 Å². The number of carboxylic acids is 1. The summed E-state index contributed by atoms with van der Waals surface area (Å²) in [4.78, 5) is 37.2. The van der Waals surface area contributed by atoms with Crippen LogP contribution in [-0.4, -0.2) is 37.2 Å². The number of nitrogens with one attached hydrogen (secondary N) is 2. The zero-order valence-corrected chi connectivity index (χ0v) is 23.6. The fraction of sp³-hybridized carbons (Fsp3) is 0.258. The minimum Gasteiger partial charge on any atom is -0.480 e. The van der Waals surface area contributed by atoms with Gasteiger partial charge in [-0.05, 0) is 67.1 Å². The largest absolute Gasteiger partial charge is 0.480 e. The van der Waals surface area contributed by atoms with Gasteiger partial charge in [-0.1, -0.05) is 50.2 Å². The molecule has 3 N–H and O–H groups in total. The van der Waals surface area contributed by atoms with E-state index in [-0.39, 0.29) is 22.4 Å². The smallest absolute Gasteiger partial charge is 0.322 e. The summed E-state index contributed by atoms with van der Waals surface area (Å²) in [6.45, 7) is 5.03. The minimum absolute atomic E-state index is 0.0415. The normalized spacial score (nSPS) is 14.2. The molecule has 1 atom stereocenters. The number of anilines is 1. The van der Waals surface area contributed by atoms with Crippen LogP contribution in [0.15, 0.2) is 76.0 Å². The number of hydrogen-bond donors (Lipinski definition) is 3. The van der Waals surface area contributed by atoms with E-state index in [4.69, 9.17) is 4.42 Å². The van der Waals surface area contributed by atoms with Gasteiger partial charge >= 0.3 is 5.97 Å². The molecule has 0 aliphatic heterocycles. The van der Waals surface area contributed by atoms with E-state index in [0.717, 1.165) is 24.0 Å². The van der Waals surface area contributed by atoms with Crippen molar-refractivity contribution in [2.24, 2.45) is 11.8 Å². The summed E-state index contributed by atoms with van der Waals surface area (Å²) in [6.07, 6.45) is 1.78. The fourth-order valence-corrected chi connectivity index (χ4v) is 6.10. The highest BCUT2D eigenvalue weighted by Gasteiger charge is 2.33. The molecule has 5 rings (SSSR count). The molecule has 4 aromatic rings. The Morgan fingerprint density at radius 3 is 2.10 bits per heavy atom. The van der Waals surface area contributed by atoms with E-state index in [1.54, 1.807) is 75.4 Å². The van der Waals surface area contributed by atoms with Crippen LogP contribution in [0.2, 0.25) is 0 Å². The van der Waals surface area contributed by atoms with Gasteiger partial charge in [0.15, 0.2) is 11.5 Å². The zero-order chi connectivity index (χ0) is 29.5. The lowest BCUT2D eigenvalue weighted by atomic mass is 10.00. The second-order valence-electron chi connectivity index (χ2n) is 10.6. The second-order valence-corrected chi connectivity index (χ2v) is 12.3. The number of rotatable bonds is 10. The highest BCUT2D eigenvalue weighted by Crippen LogP contribution is 2.37. The average Bonchev–Trinajstić information content (AvgIpc) is 3.74. The van der Waals surface area contributed by atoms with Gasteiger partial charge in [0.25, 0.3) is 5.91 Å². The van der Waals surface area contributed by atoms with Crippen LogP contribution < -0.4 is 10.0 Å². The molecule has 212 valence electrons. The molecule has 1 amide bonds. The van der Waals surface area contributed by atoms with E-state index >= 15 is 0 Å². The summed E-state index contributed by atoms with van der Waals surface area (Å²) in [7, 11) is -4.02. The van der Waals surface area contributed by atoms with Gasteiger partial charge < -0.3 is 14.8 Å². The van der Waals surface area contributed by atoms with E-state index in [2.05, 4.69) is 10.0 Å². The third-order valence-electron chi connectivity index (χ3n) is 7.23. The summed E-state index contributed by atoms with van der Waals surface area (Å²) in [5.41, 5.74) is 3.76. The maximum Gasteiger partial charge on any atom is 0.322 e. The highest BCUT2D eigenvalue weighted by molar-refractivity contribution is 7.89.